The van der Waals surface area contributed by atoms with Crippen molar-refractivity contribution in [1.82, 2.24) is 5.32 Å². The van der Waals surface area contributed by atoms with E-state index < -0.39 is 0 Å². The van der Waals surface area contributed by atoms with E-state index in [0.717, 1.165) is 24.8 Å². The molecule has 0 radical (unpaired) electrons. The van der Waals surface area contributed by atoms with E-state index in [1.165, 1.54) is 9.79 Å². The summed E-state index contributed by atoms with van der Waals surface area (Å²) in [6.07, 6.45) is 2.68. The fraction of sp³-hybridized carbons (Fsp3) is 0.316. The van der Waals surface area contributed by atoms with Gasteiger partial charge in [-0.3, -0.25) is 4.79 Å². The first kappa shape index (κ1) is 18.8. The van der Waals surface area contributed by atoms with E-state index in [1.54, 1.807) is 11.8 Å². The van der Waals surface area contributed by atoms with Crippen molar-refractivity contribution in [2.75, 3.05) is 0 Å². The monoisotopic (exact) mass is 362 g/mol. The Morgan fingerprint density at radius 3 is 2.50 bits per heavy atom. The lowest BCUT2D eigenvalue weighted by atomic mass is 10.1. The van der Waals surface area contributed by atoms with Crippen molar-refractivity contribution in [2.24, 2.45) is 11.7 Å². The van der Waals surface area contributed by atoms with E-state index in [-0.39, 0.29) is 30.3 Å². The number of nitrogens with two attached hydrogens (primary N) is 1. The molecule has 2 aromatic rings. The fourth-order valence-corrected chi connectivity index (χ4v) is 3.91. The number of carbonyl (C=O) groups excluding carboxylic acids is 1. The highest BCUT2D eigenvalue weighted by molar-refractivity contribution is 7.99. The quantitative estimate of drug-likeness (QED) is 0.845. The van der Waals surface area contributed by atoms with Crippen LogP contribution in [-0.4, -0.2) is 11.9 Å². The van der Waals surface area contributed by atoms with E-state index >= 15 is 0 Å². The van der Waals surface area contributed by atoms with Crippen LogP contribution in [-0.2, 0) is 11.3 Å². The predicted molar refractivity (Wildman–Crippen MR) is 101 cm³/mol. The zero-order chi connectivity index (χ0) is 16.1. The molecule has 5 heteroatoms. The summed E-state index contributed by atoms with van der Waals surface area (Å²) in [4.78, 5) is 14.6. The topological polar surface area (TPSA) is 55.1 Å². The molecule has 1 aliphatic rings. The maximum absolute atomic E-state index is 12.3. The minimum Gasteiger partial charge on any atom is -0.352 e. The Morgan fingerprint density at radius 2 is 1.79 bits per heavy atom. The minimum atomic E-state index is 0. The van der Waals surface area contributed by atoms with Crippen LogP contribution < -0.4 is 11.1 Å². The maximum Gasteiger partial charge on any atom is 0.223 e. The van der Waals surface area contributed by atoms with Crippen LogP contribution in [0.4, 0.5) is 0 Å². The molecule has 0 spiro atoms. The molecule has 1 amide bonds. The largest absolute Gasteiger partial charge is 0.352 e. The molecule has 128 valence electrons. The van der Waals surface area contributed by atoms with Crippen LogP contribution in [0.3, 0.4) is 0 Å². The van der Waals surface area contributed by atoms with Crippen LogP contribution in [0.25, 0.3) is 0 Å². The fourth-order valence-electron chi connectivity index (χ4n) is 2.95. The van der Waals surface area contributed by atoms with Crippen LogP contribution in [0.1, 0.15) is 24.8 Å². The summed E-state index contributed by atoms with van der Waals surface area (Å²) in [7, 11) is 0. The third kappa shape index (κ3) is 5.00. The number of rotatable bonds is 5. The van der Waals surface area contributed by atoms with Crippen LogP contribution in [0.5, 0.6) is 0 Å². The van der Waals surface area contributed by atoms with Gasteiger partial charge in [0.2, 0.25) is 5.91 Å². The number of hydrogen-bond acceptors (Lipinski definition) is 3. The van der Waals surface area contributed by atoms with Gasteiger partial charge in [0.15, 0.2) is 0 Å². The number of nitrogens with one attached hydrogen (secondary N) is 1. The molecular weight excluding hydrogens is 340 g/mol. The Morgan fingerprint density at radius 1 is 1.08 bits per heavy atom. The third-order valence-corrected chi connectivity index (χ3v) is 5.37. The van der Waals surface area contributed by atoms with E-state index in [0.29, 0.717) is 6.54 Å². The zero-order valence-corrected chi connectivity index (χ0v) is 15.1. The highest BCUT2D eigenvalue weighted by atomic mass is 35.5. The van der Waals surface area contributed by atoms with Crippen molar-refractivity contribution in [2.45, 2.75) is 41.6 Å². The molecule has 1 aliphatic carbocycles. The van der Waals surface area contributed by atoms with Gasteiger partial charge in [0.05, 0.1) is 0 Å². The zero-order valence-electron chi connectivity index (χ0n) is 13.5. The van der Waals surface area contributed by atoms with Crippen molar-refractivity contribution < 1.29 is 4.79 Å². The van der Waals surface area contributed by atoms with Crippen molar-refractivity contribution in [3.8, 4) is 0 Å². The number of hydrogen-bond donors (Lipinski definition) is 2. The summed E-state index contributed by atoms with van der Waals surface area (Å²) < 4.78 is 0. The molecule has 3 nitrogen and oxygen atoms in total. The summed E-state index contributed by atoms with van der Waals surface area (Å²) in [6, 6.07) is 18.7. The summed E-state index contributed by atoms with van der Waals surface area (Å²) in [5.41, 5.74) is 7.05. The summed E-state index contributed by atoms with van der Waals surface area (Å²) in [6.45, 7) is 0.570. The minimum absolute atomic E-state index is 0. The molecule has 0 heterocycles. The van der Waals surface area contributed by atoms with Gasteiger partial charge < -0.3 is 11.1 Å². The van der Waals surface area contributed by atoms with E-state index in [9.17, 15) is 4.79 Å². The number of benzene rings is 2. The van der Waals surface area contributed by atoms with Crippen LogP contribution in [0, 0.1) is 5.92 Å². The van der Waals surface area contributed by atoms with Gasteiger partial charge in [0, 0.05) is 28.3 Å². The SMILES string of the molecule is Cl.NC1CCC(C(=O)NCc2ccccc2Sc2ccccc2)C1. The van der Waals surface area contributed by atoms with Gasteiger partial charge >= 0.3 is 0 Å². The Bertz CT molecular complexity index is 665. The van der Waals surface area contributed by atoms with Gasteiger partial charge in [-0.05, 0) is 43.0 Å². The van der Waals surface area contributed by atoms with Crippen molar-refractivity contribution in [3.05, 3.63) is 60.2 Å². The van der Waals surface area contributed by atoms with Crippen molar-refractivity contribution >= 4 is 30.1 Å². The summed E-state index contributed by atoms with van der Waals surface area (Å²) >= 11 is 1.73. The van der Waals surface area contributed by atoms with Gasteiger partial charge in [-0.15, -0.1) is 12.4 Å². The number of halogens is 1. The lowest BCUT2D eigenvalue weighted by molar-refractivity contribution is -0.125. The average molecular weight is 363 g/mol. The molecule has 2 aromatic carbocycles. The van der Waals surface area contributed by atoms with Crippen molar-refractivity contribution in [3.63, 3.8) is 0 Å². The normalized spacial score (nSPS) is 19.5. The molecule has 0 saturated heterocycles. The first-order valence-electron chi connectivity index (χ1n) is 8.06. The molecule has 1 saturated carbocycles. The second-order valence-electron chi connectivity index (χ2n) is 6.01. The highest BCUT2D eigenvalue weighted by Gasteiger charge is 2.27. The highest BCUT2D eigenvalue weighted by Crippen LogP contribution is 2.30. The van der Waals surface area contributed by atoms with Gasteiger partial charge in [0.1, 0.15) is 0 Å². The van der Waals surface area contributed by atoms with Crippen LogP contribution >= 0.6 is 24.2 Å². The van der Waals surface area contributed by atoms with Gasteiger partial charge in [0.25, 0.3) is 0 Å². The standard InChI is InChI=1S/C19H22N2OS.ClH/c20-16-11-10-14(12-16)19(22)21-13-15-6-4-5-9-18(15)23-17-7-2-1-3-8-17;/h1-9,14,16H,10-13,20H2,(H,21,22);1H. The van der Waals surface area contributed by atoms with E-state index in [4.69, 9.17) is 5.73 Å². The Labute approximate surface area is 153 Å². The Balaban J connectivity index is 0.00000208. The van der Waals surface area contributed by atoms with Crippen LogP contribution in [0.15, 0.2) is 64.4 Å². The lowest BCUT2D eigenvalue weighted by Gasteiger charge is -2.13. The second-order valence-corrected chi connectivity index (χ2v) is 7.13. The van der Waals surface area contributed by atoms with E-state index in [1.807, 2.05) is 30.3 Å². The van der Waals surface area contributed by atoms with Crippen LogP contribution in [0.2, 0.25) is 0 Å². The molecule has 1 fully saturated rings. The summed E-state index contributed by atoms with van der Waals surface area (Å²) in [5.74, 6) is 0.219. The molecule has 3 rings (SSSR count). The molecule has 0 aliphatic heterocycles. The number of carbonyl (C=O) groups is 1. The molecule has 24 heavy (non-hydrogen) atoms. The average Bonchev–Trinajstić information content (AvgIpc) is 3.01. The van der Waals surface area contributed by atoms with Crippen molar-refractivity contribution in [1.29, 1.82) is 0 Å². The van der Waals surface area contributed by atoms with Gasteiger partial charge in [-0.1, -0.05) is 48.2 Å². The predicted octanol–water partition coefficient (Wildman–Crippen LogP) is 4.00. The van der Waals surface area contributed by atoms with E-state index in [2.05, 4.69) is 29.6 Å². The number of amides is 1. The molecule has 3 N–H and O–H groups in total. The lowest BCUT2D eigenvalue weighted by Crippen LogP contribution is -2.30. The third-order valence-electron chi connectivity index (χ3n) is 4.24. The smallest absolute Gasteiger partial charge is 0.223 e. The summed E-state index contributed by atoms with van der Waals surface area (Å²) in [5, 5.41) is 3.08. The molecule has 2 unspecified atom stereocenters. The second kappa shape index (κ2) is 9.11. The molecule has 2 atom stereocenters. The maximum atomic E-state index is 12.3. The van der Waals surface area contributed by atoms with Gasteiger partial charge in [-0.2, -0.15) is 0 Å². The molecule has 0 bridgehead atoms. The van der Waals surface area contributed by atoms with Gasteiger partial charge in [-0.25, -0.2) is 0 Å². The molecular formula is C19H23ClN2OS. The first-order chi connectivity index (χ1) is 11.2. The first-order valence-corrected chi connectivity index (χ1v) is 8.88. The molecule has 0 aromatic heterocycles. The Kier molecular flexibility index (Phi) is 7.16. The Hall–Kier alpha value is -1.49.